The fourth-order valence-electron chi connectivity index (χ4n) is 5.46. The number of Topliss-reactive ketones (excluding diaryl/α,β-unsaturated/α-hetero) is 1. The van der Waals surface area contributed by atoms with E-state index in [4.69, 9.17) is 9.47 Å². The zero-order chi connectivity index (χ0) is 30.8. The molecule has 2 aliphatic heterocycles. The maximum absolute atomic E-state index is 14.3. The number of nitrogens with zero attached hydrogens (tertiary/aromatic N) is 2. The lowest BCUT2D eigenvalue weighted by Gasteiger charge is -2.33. The number of carbonyl (C=O) groups excluding carboxylic acids is 4. The summed E-state index contributed by atoms with van der Waals surface area (Å²) in [5.41, 5.74) is 3.58. The first kappa shape index (κ1) is 28.7. The molecule has 0 saturated heterocycles. The third-order valence-electron chi connectivity index (χ3n) is 7.81. The molecule has 0 saturated carbocycles. The maximum atomic E-state index is 14.3. The van der Waals surface area contributed by atoms with Crippen molar-refractivity contribution in [1.29, 1.82) is 0 Å². The molecule has 9 nitrogen and oxygen atoms in total. The number of amides is 3. The molecule has 9 heteroatoms. The van der Waals surface area contributed by atoms with Gasteiger partial charge in [-0.05, 0) is 46.9 Å². The second-order valence-corrected chi connectivity index (χ2v) is 11.0. The predicted molar refractivity (Wildman–Crippen MR) is 165 cm³/mol. The molecule has 0 spiro atoms. The second-order valence-electron chi connectivity index (χ2n) is 11.0. The first-order chi connectivity index (χ1) is 21.3. The van der Waals surface area contributed by atoms with Crippen LogP contribution in [-0.2, 0) is 20.9 Å². The summed E-state index contributed by atoms with van der Waals surface area (Å²) in [7, 11) is 0. The quantitative estimate of drug-likeness (QED) is 0.260. The monoisotopic (exact) mass is 589 g/mol. The van der Waals surface area contributed by atoms with Gasteiger partial charge in [0.1, 0.15) is 12.6 Å². The van der Waals surface area contributed by atoms with Crippen LogP contribution in [0.1, 0.15) is 52.9 Å². The number of ether oxygens (including phenoxy) is 2. The largest absolute Gasteiger partial charge is 0.454 e. The molecule has 6 rings (SSSR count). The van der Waals surface area contributed by atoms with Crippen molar-refractivity contribution < 1.29 is 28.7 Å². The Labute approximate surface area is 255 Å². The number of nitrogens with one attached hydrogen (secondary N) is 1. The maximum Gasteiger partial charge on any atom is 0.299 e. The number of anilines is 2. The number of benzene rings is 4. The summed E-state index contributed by atoms with van der Waals surface area (Å²) in [6.07, 6.45) is 0. The van der Waals surface area contributed by atoms with E-state index in [2.05, 4.69) is 19.2 Å². The Hall–Kier alpha value is -5.44. The molecule has 44 heavy (non-hydrogen) atoms. The average molecular weight is 590 g/mol. The van der Waals surface area contributed by atoms with Crippen LogP contribution >= 0.6 is 0 Å². The molecule has 0 fully saturated rings. The van der Waals surface area contributed by atoms with E-state index in [-0.39, 0.29) is 24.8 Å². The first-order valence-corrected chi connectivity index (χ1v) is 14.4. The van der Waals surface area contributed by atoms with Crippen LogP contribution in [0, 0.1) is 0 Å². The van der Waals surface area contributed by atoms with Gasteiger partial charge in [0.25, 0.3) is 17.6 Å². The molecule has 1 unspecified atom stereocenters. The number of ketones is 1. The molecular weight excluding hydrogens is 558 g/mol. The van der Waals surface area contributed by atoms with Crippen molar-refractivity contribution >= 4 is 34.9 Å². The van der Waals surface area contributed by atoms with E-state index in [1.807, 2.05) is 54.6 Å². The van der Waals surface area contributed by atoms with Gasteiger partial charge in [-0.1, -0.05) is 80.6 Å². The Bertz CT molecular complexity index is 1740. The molecule has 2 heterocycles. The standard InChI is InChI=1S/C35H31N3O6/c1-22(2)24-12-14-25(15-13-24)32(34(41)36-26-16-17-29-30(18-26)44-21-43-29)38(19-23-8-4-3-5-9-23)31(39)20-37-28-11-7-6-10-27(28)33(40)35(37)42/h3-18,22,32H,19-21H2,1-2H3,(H,36,41). The van der Waals surface area contributed by atoms with Crippen LogP contribution in [0.3, 0.4) is 0 Å². The summed E-state index contributed by atoms with van der Waals surface area (Å²) >= 11 is 0. The van der Waals surface area contributed by atoms with Crippen molar-refractivity contribution in [3.8, 4) is 11.5 Å². The second kappa shape index (κ2) is 12.0. The van der Waals surface area contributed by atoms with E-state index in [9.17, 15) is 19.2 Å². The number of rotatable bonds is 9. The molecule has 2 aliphatic rings. The summed E-state index contributed by atoms with van der Waals surface area (Å²) in [6, 6.07) is 27.5. The molecule has 3 amide bonds. The van der Waals surface area contributed by atoms with Crippen molar-refractivity contribution in [1.82, 2.24) is 4.90 Å². The van der Waals surface area contributed by atoms with Gasteiger partial charge in [-0.15, -0.1) is 0 Å². The molecule has 1 atom stereocenters. The minimum atomic E-state index is -1.07. The summed E-state index contributed by atoms with van der Waals surface area (Å²) in [6.45, 7) is 3.93. The Kier molecular flexibility index (Phi) is 7.85. The highest BCUT2D eigenvalue weighted by atomic mass is 16.7. The zero-order valence-corrected chi connectivity index (χ0v) is 24.4. The Morgan fingerprint density at radius 1 is 0.841 bits per heavy atom. The normalized spacial score (nSPS) is 14.0. The Balaban J connectivity index is 1.39. The number of hydrogen-bond donors (Lipinski definition) is 1. The summed E-state index contributed by atoms with van der Waals surface area (Å²) in [5.74, 6) is -1.03. The lowest BCUT2D eigenvalue weighted by atomic mass is 9.97. The molecule has 0 radical (unpaired) electrons. The van der Waals surface area contributed by atoms with E-state index in [1.165, 1.54) is 9.80 Å². The minimum absolute atomic E-state index is 0.0858. The number of fused-ring (bicyclic) bond motifs is 2. The van der Waals surface area contributed by atoms with E-state index in [1.54, 1.807) is 42.5 Å². The molecule has 4 aromatic rings. The van der Waals surface area contributed by atoms with E-state index >= 15 is 0 Å². The van der Waals surface area contributed by atoms with Crippen LogP contribution in [0.4, 0.5) is 11.4 Å². The van der Waals surface area contributed by atoms with Crippen molar-refractivity contribution in [2.45, 2.75) is 32.4 Å². The van der Waals surface area contributed by atoms with Gasteiger partial charge in [-0.25, -0.2) is 0 Å². The van der Waals surface area contributed by atoms with Crippen LogP contribution in [-0.4, -0.2) is 41.7 Å². The molecule has 0 aromatic heterocycles. The van der Waals surface area contributed by atoms with Gasteiger partial charge in [0.15, 0.2) is 11.5 Å². The Morgan fingerprint density at radius 3 is 2.27 bits per heavy atom. The van der Waals surface area contributed by atoms with Crippen molar-refractivity contribution in [2.24, 2.45) is 0 Å². The predicted octanol–water partition coefficient (Wildman–Crippen LogP) is 5.48. The van der Waals surface area contributed by atoms with Crippen LogP contribution < -0.4 is 19.7 Å². The van der Waals surface area contributed by atoms with Crippen molar-refractivity contribution in [2.75, 3.05) is 23.6 Å². The third-order valence-corrected chi connectivity index (χ3v) is 7.81. The van der Waals surface area contributed by atoms with Gasteiger partial charge in [-0.3, -0.25) is 24.1 Å². The van der Waals surface area contributed by atoms with Crippen LogP contribution in [0.15, 0.2) is 97.1 Å². The summed E-state index contributed by atoms with van der Waals surface area (Å²) < 4.78 is 10.9. The highest BCUT2D eigenvalue weighted by molar-refractivity contribution is 6.52. The number of para-hydroxylation sites is 1. The highest BCUT2D eigenvalue weighted by Gasteiger charge is 2.39. The van der Waals surface area contributed by atoms with E-state index in [0.717, 1.165) is 11.1 Å². The van der Waals surface area contributed by atoms with E-state index < -0.39 is 36.1 Å². The highest BCUT2D eigenvalue weighted by Crippen LogP contribution is 2.35. The van der Waals surface area contributed by atoms with E-state index in [0.29, 0.717) is 28.4 Å². The van der Waals surface area contributed by atoms with Crippen LogP contribution in [0.5, 0.6) is 11.5 Å². The van der Waals surface area contributed by atoms with Crippen molar-refractivity contribution in [3.63, 3.8) is 0 Å². The van der Waals surface area contributed by atoms with Gasteiger partial charge in [0.05, 0.1) is 11.3 Å². The molecule has 0 bridgehead atoms. The SMILES string of the molecule is CC(C)c1ccc(C(C(=O)Nc2ccc3c(c2)OCO3)N(Cc2ccccc2)C(=O)CN2C(=O)C(=O)c3ccccc32)cc1. The van der Waals surface area contributed by atoms with Gasteiger partial charge in [0.2, 0.25) is 12.7 Å². The van der Waals surface area contributed by atoms with Gasteiger partial charge < -0.3 is 19.7 Å². The van der Waals surface area contributed by atoms with Gasteiger partial charge in [-0.2, -0.15) is 0 Å². The summed E-state index contributed by atoms with van der Waals surface area (Å²) in [5, 5.41) is 2.95. The fourth-order valence-corrected chi connectivity index (χ4v) is 5.46. The van der Waals surface area contributed by atoms with Crippen LogP contribution in [0.2, 0.25) is 0 Å². The van der Waals surface area contributed by atoms with Crippen molar-refractivity contribution in [3.05, 3.63) is 119 Å². The van der Waals surface area contributed by atoms with Gasteiger partial charge in [0, 0.05) is 18.3 Å². The molecule has 4 aromatic carbocycles. The summed E-state index contributed by atoms with van der Waals surface area (Å²) in [4.78, 5) is 56.8. The molecular formula is C35H31N3O6. The smallest absolute Gasteiger partial charge is 0.299 e. The molecule has 222 valence electrons. The number of carbonyl (C=O) groups is 4. The van der Waals surface area contributed by atoms with Crippen LogP contribution in [0.25, 0.3) is 0 Å². The third kappa shape index (κ3) is 5.64. The average Bonchev–Trinajstić information content (AvgIpc) is 3.60. The topological polar surface area (TPSA) is 105 Å². The Morgan fingerprint density at radius 2 is 1.52 bits per heavy atom. The lowest BCUT2D eigenvalue weighted by molar-refractivity contribution is -0.139. The van der Waals surface area contributed by atoms with Gasteiger partial charge >= 0.3 is 0 Å². The molecule has 0 aliphatic carbocycles. The molecule has 1 N–H and O–H groups in total. The fraction of sp³-hybridized carbons (Fsp3) is 0.200. The zero-order valence-electron chi connectivity index (χ0n) is 24.4. The number of hydrogen-bond acceptors (Lipinski definition) is 6. The lowest BCUT2D eigenvalue weighted by Crippen LogP contribution is -2.46. The minimum Gasteiger partial charge on any atom is -0.454 e. The first-order valence-electron chi connectivity index (χ1n) is 14.4.